The minimum Gasteiger partial charge on any atom is -0.396 e. The molecule has 0 heterocycles. The molecule has 1 aliphatic rings. The van der Waals surface area contributed by atoms with Gasteiger partial charge < -0.3 is 10.4 Å². The Hall–Kier alpha value is -0.0800. The highest BCUT2D eigenvalue weighted by Crippen LogP contribution is 2.45. The van der Waals surface area contributed by atoms with E-state index in [0.717, 1.165) is 6.42 Å². The number of nitrogens with one attached hydrogen (secondary N) is 1. The molecule has 60 valence electrons. The average molecular weight is 143 g/mol. The summed E-state index contributed by atoms with van der Waals surface area (Å²) in [6.07, 6.45) is 1.12. The van der Waals surface area contributed by atoms with Crippen LogP contribution in [0.1, 0.15) is 20.3 Å². The summed E-state index contributed by atoms with van der Waals surface area (Å²) in [4.78, 5) is 0. The molecule has 0 amide bonds. The topological polar surface area (TPSA) is 32.3 Å². The Kier molecular flexibility index (Phi) is 2.02. The lowest BCUT2D eigenvalue weighted by Crippen LogP contribution is -2.56. The van der Waals surface area contributed by atoms with Crippen molar-refractivity contribution in [2.75, 3.05) is 13.7 Å². The molecular formula is C8H17NO. The third-order valence-electron chi connectivity index (χ3n) is 3.04. The van der Waals surface area contributed by atoms with Gasteiger partial charge in [0.25, 0.3) is 0 Å². The molecule has 1 fully saturated rings. The van der Waals surface area contributed by atoms with Gasteiger partial charge in [-0.1, -0.05) is 13.8 Å². The lowest BCUT2D eigenvalue weighted by atomic mass is 9.59. The monoisotopic (exact) mass is 143 g/mol. The standard InChI is InChI=1S/C8H17NO/c1-8(2)6(5-10)4-7(8)9-3/h6-7,9-10H,4-5H2,1-3H3/t6-,7-/m1/s1. The van der Waals surface area contributed by atoms with Gasteiger partial charge in [0.1, 0.15) is 0 Å². The highest BCUT2D eigenvalue weighted by atomic mass is 16.3. The predicted molar refractivity (Wildman–Crippen MR) is 41.8 cm³/mol. The Morgan fingerprint density at radius 1 is 1.60 bits per heavy atom. The molecule has 0 aromatic carbocycles. The molecule has 0 radical (unpaired) electrons. The normalized spacial score (nSPS) is 37.2. The van der Waals surface area contributed by atoms with E-state index in [1.807, 2.05) is 7.05 Å². The van der Waals surface area contributed by atoms with Crippen LogP contribution in [0.25, 0.3) is 0 Å². The summed E-state index contributed by atoms with van der Waals surface area (Å²) in [5.41, 5.74) is 0.295. The summed E-state index contributed by atoms with van der Waals surface area (Å²) in [6.45, 7) is 4.75. The third kappa shape index (κ3) is 0.956. The molecule has 0 aromatic rings. The number of rotatable bonds is 2. The quantitative estimate of drug-likeness (QED) is 0.593. The first kappa shape index (κ1) is 8.02. The van der Waals surface area contributed by atoms with Crippen LogP contribution in [0, 0.1) is 11.3 Å². The maximum absolute atomic E-state index is 8.91. The molecule has 1 rings (SSSR count). The summed E-state index contributed by atoms with van der Waals surface area (Å²) in [5, 5.41) is 12.2. The SMILES string of the molecule is CN[C@@H]1C[C@H](CO)C1(C)C. The molecule has 2 N–H and O–H groups in total. The second kappa shape index (κ2) is 2.51. The summed E-state index contributed by atoms with van der Waals surface area (Å²) in [7, 11) is 1.99. The molecule has 2 heteroatoms. The molecule has 0 saturated heterocycles. The van der Waals surface area contributed by atoms with E-state index in [9.17, 15) is 0 Å². The second-order valence-corrected chi connectivity index (χ2v) is 3.78. The molecule has 1 saturated carbocycles. The lowest BCUT2D eigenvalue weighted by molar-refractivity contribution is -0.0190. The van der Waals surface area contributed by atoms with Crippen molar-refractivity contribution in [1.82, 2.24) is 5.32 Å². The third-order valence-corrected chi connectivity index (χ3v) is 3.04. The van der Waals surface area contributed by atoms with Crippen LogP contribution in [0.5, 0.6) is 0 Å². The van der Waals surface area contributed by atoms with E-state index < -0.39 is 0 Å². The zero-order valence-electron chi connectivity index (χ0n) is 7.02. The summed E-state index contributed by atoms with van der Waals surface area (Å²) >= 11 is 0. The Morgan fingerprint density at radius 3 is 2.50 bits per heavy atom. The van der Waals surface area contributed by atoms with Gasteiger partial charge in [-0.15, -0.1) is 0 Å². The molecule has 2 atom stereocenters. The van der Waals surface area contributed by atoms with Crippen LogP contribution in [0.4, 0.5) is 0 Å². The van der Waals surface area contributed by atoms with Gasteiger partial charge in [-0.3, -0.25) is 0 Å². The van der Waals surface area contributed by atoms with Crippen LogP contribution >= 0.6 is 0 Å². The molecule has 0 bridgehead atoms. The van der Waals surface area contributed by atoms with Gasteiger partial charge in [-0.2, -0.15) is 0 Å². The first-order valence-corrected chi connectivity index (χ1v) is 3.91. The minimum atomic E-state index is 0.295. The van der Waals surface area contributed by atoms with Crippen molar-refractivity contribution in [1.29, 1.82) is 0 Å². The van der Waals surface area contributed by atoms with Gasteiger partial charge in [0, 0.05) is 12.6 Å². The highest BCUT2D eigenvalue weighted by Gasteiger charge is 2.46. The van der Waals surface area contributed by atoms with Crippen LogP contribution in [0.2, 0.25) is 0 Å². The van der Waals surface area contributed by atoms with E-state index in [-0.39, 0.29) is 0 Å². The van der Waals surface area contributed by atoms with Crippen LogP contribution in [-0.2, 0) is 0 Å². The van der Waals surface area contributed by atoms with Crippen LogP contribution in [0.15, 0.2) is 0 Å². The molecular weight excluding hydrogens is 126 g/mol. The maximum Gasteiger partial charge on any atom is 0.0465 e. The predicted octanol–water partition coefficient (Wildman–Crippen LogP) is 0.613. The van der Waals surface area contributed by atoms with Crippen LogP contribution in [0.3, 0.4) is 0 Å². The van der Waals surface area contributed by atoms with Crippen molar-refractivity contribution in [2.24, 2.45) is 11.3 Å². The van der Waals surface area contributed by atoms with E-state index >= 15 is 0 Å². The van der Waals surface area contributed by atoms with E-state index in [2.05, 4.69) is 19.2 Å². The van der Waals surface area contributed by atoms with E-state index in [1.165, 1.54) is 0 Å². The van der Waals surface area contributed by atoms with Gasteiger partial charge in [-0.05, 0) is 24.8 Å². The summed E-state index contributed by atoms with van der Waals surface area (Å²) < 4.78 is 0. The average Bonchev–Trinajstić information content (AvgIpc) is 1.88. The van der Waals surface area contributed by atoms with Gasteiger partial charge in [0.05, 0.1) is 0 Å². The largest absolute Gasteiger partial charge is 0.396 e. The second-order valence-electron chi connectivity index (χ2n) is 3.78. The van der Waals surface area contributed by atoms with Crippen molar-refractivity contribution in [3.05, 3.63) is 0 Å². The number of hydrogen-bond donors (Lipinski definition) is 2. The molecule has 2 nitrogen and oxygen atoms in total. The smallest absolute Gasteiger partial charge is 0.0465 e. The summed E-state index contributed by atoms with van der Waals surface area (Å²) in [5.74, 6) is 0.505. The summed E-state index contributed by atoms with van der Waals surface area (Å²) in [6, 6.07) is 0.602. The van der Waals surface area contributed by atoms with E-state index in [1.54, 1.807) is 0 Å². The Labute approximate surface area is 62.6 Å². The molecule has 0 spiro atoms. The molecule has 0 aromatic heterocycles. The van der Waals surface area contributed by atoms with Crippen molar-refractivity contribution in [3.63, 3.8) is 0 Å². The minimum absolute atomic E-state index is 0.295. The van der Waals surface area contributed by atoms with Crippen LogP contribution < -0.4 is 5.32 Å². The Bertz CT molecular complexity index is 110. The fourth-order valence-electron chi connectivity index (χ4n) is 1.82. The van der Waals surface area contributed by atoms with Crippen molar-refractivity contribution in [2.45, 2.75) is 26.3 Å². The van der Waals surface area contributed by atoms with Gasteiger partial charge in [0.2, 0.25) is 0 Å². The van der Waals surface area contributed by atoms with Crippen molar-refractivity contribution < 1.29 is 5.11 Å². The Morgan fingerprint density at radius 2 is 2.20 bits per heavy atom. The number of aliphatic hydroxyl groups is 1. The maximum atomic E-state index is 8.91. The van der Waals surface area contributed by atoms with Crippen LogP contribution in [-0.4, -0.2) is 24.8 Å². The van der Waals surface area contributed by atoms with Crippen molar-refractivity contribution >= 4 is 0 Å². The first-order chi connectivity index (χ1) is 4.62. The highest BCUT2D eigenvalue weighted by molar-refractivity contribution is 5.00. The Balaban J connectivity index is 2.47. The molecule has 0 unspecified atom stereocenters. The number of hydrogen-bond acceptors (Lipinski definition) is 2. The van der Waals surface area contributed by atoms with E-state index in [0.29, 0.717) is 24.0 Å². The molecule has 0 aliphatic heterocycles. The zero-order valence-corrected chi connectivity index (χ0v) is 7.02. The van der Waals surface area contributed by atoms with Gasteiger partial charge in [0.15, 0.2) is 0 Å². The fraction of sp³-hybridized carbons (Fsp3) is 1.00. The number of aliphatic hydroxyl groups excluding tert-OH is 1. The lowest BCUT2D eigenvalue weighted by Gasteiger charge is -2.51. The van der Waals surface area contributed by atoms with Gasteiger partial charge in [-0.25, -0.2) is 0 Å². The first-order valence-electron chi connectivity index (χ1n) is 3.91. The molecule has 1 aliphatic carbocycles. The zero-order chi connectivity index (χ0) is 7.78. The van der Waals surface area contributed by atoms with Gasteiger partial charge >= 0.3 is 0 Å². The fourth-order valence-corrected chi connectivity index (χ4v) is 1.82. The van der Waals surface area contributed by atoms with Crippen molar-refractivity contribution in [3.8, 4) is 0 Å². The van der Waals surface area contributed by atoms with E-state index in [4.69, 9.17) is 5.11 Å². The molecule has 10 heavy (non-hydrogen) atoms.